The van der Waals surface area contributed by atoms with E-state index < -0.39 is 0 Å². The van der Waals surface area contributed by atoms with E-state index in [9.17, 15) is 4.79 Å². The molecule has 7 heteroatoms. The number of nitrogens with one attached hydrogen (secondary N) is 1. The van der Waals surface area contributed by atoms with Crippen molar-refractivity contribution in [3.8, 4) is 0 Å². The maximum atomic E-state index is 12.0. The molecule has 0 aromatic heterocycles. The maximum Gasteiger partial charge on any atom is 0.243 e. The molecule has 0 saturated carbocycles. The molecule has 1 amide bonds. The molecule has 3 saturated heterocycles. The van der Waals surface area contributed by atoms with Gasteiger partial charge < -0.3 is 24.6 Å². The summed E-state index contributed by atoms with van der Waals surface area (Å²) in [5.41, 5.74) is 0.355. The molecule has 1 spiro atoms. The second-order valence-corrected chi connectivity index (χ2v) is 8.08. The van der Waals surface area contributed by atoms with Crippen LogP contribution in [0.5, 0.6) is 0 Å². The quantitative estimate of drug-likeness (QED) is 0.596. The number of guanidine groups is 1. The Morgan fingerprint density at radius 1 is 1.23 bits per heavy atom. The normalized spacial score (nSPS) is 26.2. The minimum absolute atomic E-state index is 0.0261. The Morgan fingerprint density at radius 3 is 2.73 bits per heavy atom. The van der Waals surface area contributed by atoms with Crippen molar-refractivity contribution >= 4 is 11.9 Å². The van der Waals surface area contributed by atoms with Crippen LogP contribution in [0.15, 0.2) is 4.99 Å². The number of likely N-dealkylation sites (tertiary alicyclic amines) is 1. The molecule has 148 valence electrons. The summed E-state index contributed by atoms with van der Waals surface area (Å²) in [6.45, 7) is 5.53. The second kappa shape index (κ2) is 9.04. The molecule has 0 aromatic rings. The standard InChI is InChI=1S/C19H34N4O3/c1-22(2)17(24)14-21-18(20-13-16-5-3-4-10-26-16)23-9-6-19(15-23)7-11-25-12-8-19/h16H,3-15H2,1-2H3,(H,20,21). The summed E-state index contributed by atoms with van der Waals surface area (Å²) in [6, 6.07) is 0. The monoisotopic (exact) mass is 366 g/mol. The zero-order chi connectivity index (χ0) is 18.4. The summed E-state index contributed by atoms with van der Waals surface area (Å²) in [5.74, 6) is 0.885. The Kier molecular flexibility index (Phi) is 6.75. The Balaban J connectivity index is 1.61. The number of ether oxygens (including phenoxy) is 2. The van der Waals surface area contributed by atoms with E-state index in [-0.39, 0.29) is 18.6 Å². The van der Waals surface area contributed by atoms with Gasteiger partial charge in [0, 0.05) is 53.6 Å². The Bertz CT molecular complexity index is 497. The smallest absolute Gasteiger partial charge is 0.243 e. The molecule has 0 radical (unpaired) electrons. The van der Waals surface area contributed by atoms with Gasteiger partial charge in [0.25, 0.3) is 0 Å². The lowest BCUT2D eigenvalue weighted by atomic mass is 9.80. The zero-order valence-electron chi connectivity index (χ0n) is 16.3. The highest BCUT2D eigenvalue weighted by molar-refractivity contribution is 5.85. The Morgan fingerprint density at radius 2 is 2.04 bits per heavy atom. The molecule has 3 heterocycles. The molecule has 3 aliphatic rings. The fraction of sp³-hybridized carbons (Fsp3) is 0.895. The van der Waals surface area contributed by atoms with E-state index >= 15 is 0 Å². The van der Waals surface area contributed by atoms with Crippen LogP contribution in [0.4, 0.5) is 0 Å². The first-order valence-electron chi connectivity index (χ1n) is 10.0. The molecule has 1 atom stereocenters. The van der Waals surface area contributed by atoms with Gasteiger partial charge >= 0.3 is 0 Å². The number of nitrogens with zero attached hydrogens (tertiary/aromatic N) is 3. The molecule has 0 bridgehead atoms. The summed E-state index contributed by atoms with van der Waals surface area (Å²) in [5, 5.41) is 3.50. The molecular weight excluding hydrogens is 332 g/mol. The van der Waals surface area contributed by atoms with Crippen molar-refractivity contribution in [2.45, 2.75) is 44.6 Å². The first kappa shape index (κ1) is 19.4. The van der Waals surface area contributed by atoms with Crippen molar-refractivity contribution in [2.24, 2.45) is 10.4 Å². The van der Waals surface area contributed by atoms with Gasteiger partial charge in [0.05, 0.1) is 6.10 Å². The van der Waals surface area contributed by atoms with Crippen LogP contribution >= 0.6 is 0 Å². The van der Waals surface area contributed by atoms with Crippen molar-refractivity contribution in [2.75, 3.05) is 60.1 Å². The van der Waals surface area contributed by atoms with Crippen LogP contribution in [0.25, 0.3) is 0 Å². The van der Waals surface area contributed by atoms with Crippen molar-refractivity contribution < 1.29 is 14.3 Å². The van der Waals surface area contributed by atoms with Crippen LogP contribution in [0.3, 0.4) is 0 Å². The summed E-state index contributed by atoms with van der Waals surface area (Å²) in [7, 11) is 3.54. The lowest BCUT2D eigenvalue weighted by Crippen LogP contribution is -2.46. The molecule has 1 N–H and O–H groups in total. The van der Waals surface area contributed by atoms with Crippen LogP contribution in [0.2, 0.25) is 0 Å². The predicted molar refractivity (Wildman–Crippen MR) is 101 cm³/mol. The van der Waals surface area contributed by atoms with Crippen LogP contribution in [-0.4, -0.2) is 87.9 Å². The lowest BCUT2D eigenvalue weighted by Gasteiger charge is -2.34. The van der Waals surface area contributed by atoms with Crippen LogP contribution in [0.1, 0.15) is 38.5 Å². The third-order valence-corrected chi connectivity index (χ3v) is 5.92. The molecule has 0 aromatic carbocycles. The number of rotatable bonds is 4. The summed E-state index contributed by atoms with van der Waals surface area (Å²) in [6.07, 6.45) is 7.16. The largest absolute Gasteiger partial charge is 0.381 e. The number of aliphatic imine (C=N–C) groups is 1. The zero-order valence-corrected chi connectivity index (χ0v) is 16.3. The van der Waals surface area contributed by atoms with Gasteiger partial charge in [-0.1, -0.05) is 0 Å². The topological polar surface area (TPSA) is 66.4 Å². The van der Waals surface area contributed by atoms with Gasteiger partial charge in [-0.3, -0.25) is 4.79 Å². The first-order valence-corrected chi connectivity index (χ1v) is 10.0. The van der Waals surface area contributed by atoms with Gasteiger partial charge in [-0.05, 0) is 43.9 Å². The van der Waals surface area contributed by atoms with E-state index in [0.29, 0.717) is 5.41 Å². The molecular formula is C19H34N4O3. The summed E-state index contributed by atoms with van der Waals surface area (Å²) >= 11 is 0. The third-order valence-electron chi connectivity index (χ3n) is 5.92. The number of carbonyl (C=O) groups is 1. The predicted octanol–water partition coefficient (Wildman–Crippen LogP) is 1.09. The lowest BCUT2D eigenvalue weighted by molar-refractivity contribution is -0.127. The highest BCUT2D eigenvalue weighted by Gasteiger charge is 2.40. The van der Waals surface area contributed by atoms with Gasteiger partial charge in [-0.2, -0.15) is 0 Å². The molecule has 3 fully saturated rings. The number of hydrogen-bond donors (Lipinski definition) is 1. The molecule has 3 aliphatic heterocycles. The number of amides is 1. The third kappa shape index (κ3) is 5.10. The van der Waals surface area contributed by atoms with Gasteiger partial charge in [-0.25, -0.2) is 4.99 Å². The number of likely N-dealkylation sites (N-methyl/N-ethyl adjacent to an activating group) is 1. The molecule has 26 heavy (non-hydrogen) atoms. The summed E-state index contributed by atoms with van der Waals surface area (Å²) in [4.78, 5) is 20.6. The van der Waals surface area contributed by atoms with Crippen molar-refractivity contribution in [1.82, 2.24) is 15.1 Å². The van der Waals surface area contributed by atoms with Gasteiger partial charge in [-0.15, -0.1) is 0 Å². The van der Waals surface area contributed by atoms with E-state index in [4.69, 9.17) is 9.47 Å². The second-order valence-electron chi connectivity index (χ2n) is 8.08. The van der Waals surface area contributed by atoms with Crippen LogP contribution in [-0.2, 0) is 14.3 Å². The molecule has 1 unspecified atom stereocenters. The first-order chi connectivity index (χ1) is 12.6. The fourth-order valence-corrected chi connectivity index (χ4v) is 4.05. The van der Waals surface area contributed by atoms with Crippen LogP contribution < -0.4 is 5.32 Å². The minimum Gasteiger partial charge on any atom is -0.381 e. The van der Waals surface area contributed by atoms with Gasteiger partial charge in [0.15, 0.2) is 5.96 Å². The summed E-state index contributed by atoms with van der Waals surface area (Å²) < 4.78 is 11.4. The average molecular weight is 367 g/mol. The highest BCUT2D eigenvalue weighted by Crippen LogP contribution is 2.39. The van der Waals surface area contributed by atoms with Crippen molar-refractivity contribution in [3.63, 3.8) is 0 Å². The van der Waals surface area contributed by atoms with Gasteiger partial charge in [0.2, 0.25) is 5.91 Å². The fourth-order valence-electron chi connectivity index (χ4n) is 4.05. The highest BCUT2D eigenvalue weighted by atomic mass is 16.5. The number of hydrogen-bond acceptors (Lipinski definition) is 4. The Hall–Kier alpha value is -1.34. The van der Waals surface area contributed by atoms with E-state index in [2.05, 4.69) is 15.2 Å². The molecule has 3 rings (SSSR count). The minimum atomic E-state index is 0.0261. The van der Waals surface area contributed by atoms with E-state index in [1.165, 1.54) is 12.8 Å². The Labute approximate surface area is 157 Å². The molecule has 7 nitrogen and oxygen atoms in total. The average Bonchev–Trinajstić information content (AvgIpc) is 3.06. The van der Waals surface area contributed by atoms with Crippen LogP contribution in [0, 0.1) is 5.41 Å². The SMILES string of the molecule is CN(C)C(=O)CN=C(NCC1CCCCO1)N1CCC2(CCOCC2)C1. The van der Waals surface area contributed by atoms with E-state index in [1.807, 2.05) is 0 Å². The van der Waals surface area contributed by atoms with Gasteiger partial charge in [0.1, 0.15) is 6.54 Å². The van der Waals surface area contributed by atoms with E-state index in [0.717, 1.165) is 71.1 Å². The van der Waals surface area contributed by atoms with E-state index in [1.54, 1.807) is 19.0 Å². The maximum absolute atomic E-state index is 12.0. The van der Waals surface area contributed by atoms with Crippen molar-refractivity contribution in [3.05, 3.63) is 0 Å². The molecule has 0 aliphatic carbocycles. The number of carbonyl (C=O) groups excluding carboxylic acids is 1. The van der Waals surface area contributed by atoms with Crippen molar-refractivity contribution in [1.29, 1.82) is 0 Å².